The predicted octanol–water partition coefficient (Wildman–Crippen LogP) is 2.56. The minimum atomic E-state index is 0.0502. The van der Waals surface area contributed by atoms with Gasteiger partial charge in [0.1, 0.15) is 5.82 Å². The van der Waals surface area contributed by atoms with Gasteiger partial charge < -0.3 is 5.32 Å². The van der Waals surface area contributed by atoms with Crippen LogP contribution in [0.25, 0.3) is 0 Å². The minimum absolute atomic E-state index is 0.0502. The molecule has 0 saturated carbocycles. The molecule has 3 rings (SSSR count). The Morgan fingerprint density at radius 2 is 1.95 bits per heavy atom. The first-order valence-corrected chi connectivity index (χ1v) is 7.78. The van der Waals surface area contributed by atoms with Gasteiger partial charge in [-0.2, -0.15) is 5.10 Å². The van der Waals surface area contributed by atoms with Crippen molar-refractivity contribution in [1.29, 1.82) is 0 Å². The summed E-state index contributed by atoms with van der Waals surface area (Å²) in [6, 6.07) is 8.48. The van der Waals surface area contributed by atoms with Gasteiger partial charge in [-0.3, -0.25) is 9.69 Å². The van der Waals surface area contributed by atoms with Crippen LogP contribution in [0.3, 0.4) is 0 Å². The fourth-order valence-electron chi connectivity index (χ4n) is 2.90. The maximum Gasteiger partial charge on any atom is 0.226 e. The summed E-state index contributed by atoms with van der Waals surface area (Å²) in [5.74, 6) is 0.867. The number of nitrogens with zero attached hydrogens (tertiary/aromatic N) is 3. The van der Waals surface area contributed by atoms with E-state index in [-0.39, 0.29) is 5.91 Å². The van der Waals surface area contributed by atoms with E-state index in [2.05, 4.69) is 39.6 Å². The van der Waals surface area contributed by atoms with Crippen LogP contribution in [0, 0.1) is 6.92 Å². The van der Waals surface area contributed by atoms with Crippen molar-refractivity contribution in [3.05, 3.63) is 47.2 Å². The summed E-state index contributed by atoms with van der Waals surface area (Å²) >= 11 is 0. The molecule has 0 fully saturated rings. The maximum absolute atomic E-state index is 12.2. The van der Waals surface area contributed by atoms with Gasteiger partial charge in [-0.05, 0) is 25.0 Å². The van der Waals surface area contributed by atoms with Crippen LogP contribution in [0.5, 0.6) is 0 Å². The van der Waals surface area contributed by atoms with Crippen molar-refractivity contribution in [2.24, 2.45) is 0 Å². The highest BCUT2D eigenvalue weighted by atomic mass is 16.1. The van der Waals surface area contributed by atoms with E-state index in [0.29, 0.717) is 6.42 Å². The molecule has 0 radical (unpaired) electrons. The Bertz CT molecular complexity index is 652. The monoisotopic (exact) mass is 298 g/mol. The number of anilines is 1. The van der Waals surface area contributed by atoms with Crippen molar-refractivity contribution in [2.45, 2.75) is 39.9 Å². The first-order valence-electron chi connectivity index (χ1n) is 7.78. The second kappa shape index (κ2) is 6.32. The number of carbonyl (C=O) groups excluding carboxylic acids is 1. The van der Waals surface area contributed by atoms with E-state index < -0.39 is 0 Å². The Morgan fingerprint density at radius 1 is 1.27 bits per heavy atom. The average Bonchev–Trinajstić information content (AvgIpc) is 3.09. The zero-order valence-electron chi connectivity index (χ0n) is 13.2. The SMILES string of the molecule is CCn1ncc(C)c1NC(=O)CCN1Cc2ccccc2C1. The second-order valence-electron chi connectivity index (χ2n) is 5.77. The molecule has 1 aliphatic rings. The normalized spacial score (nSPS) is 14.1. The summed E-state index contributed by atoms with van der Waals surface area (Å²) < 4.78 is 1.82. The predicted molar refractivity (Wildman–Crippen MR) is 86.4 cm³/mol. The molecule has 0 bridgehead atoms. The summed E-state index contributed by atoms with van der Waals surface area (Å²) in [6.07, 6.45) is 2.29. The largest absolute Gasteiger partial charge is 0.311 e. The molecule has 5 nitrogen and oxygen atoms in total. The first kappa shape index (κ1) is 14.8. The number of nitrogens with one attached hydrogen (secondary N) is 1. The van der Waals surface area contributed by atoms with Gasteiger partial charge in [-0.25, -0.2) is 4.68 Å². The smallest absolute Gasteiger partial charge is 0.226 e. The number of carbonyl (C=O) groups is 1. The maximum atomic E-state index is 12.2. The quantitative estimate of drug-likeness (QED) is 0.923. The lowest BCUT2D eigenvalue weighted by molar-refractivity contribution is -0.116. The molecule has 0 unspecified atom stereocenters. The lowest BCUT2D eigenvalue weighted by Gasteiger charge is -2.15. The molecule has 116 valence electrons. The molecule has 1 aromatic heterocycles. The van der Waals surface area contributed by atoms with Crippen LogP contribution in [-0.2, 0) is 24.4 Å². The first-order chi connectivity index (χ1) is 10.7. The molecular weight excluding hydrogens is 276 g/mol. The van der Waals surface area contributed by atoms with Crippen molar-refractivity contribution in [3.8, 4) is 0 Å². The molecule has 1 N–H and O–H groups in total. The summed E-state index contributed by atoms with van der Waals surface area (Å²) in [5, 5.41) is 7.23. The molecule has 1 amide bonds. The summed E-state index contributed by atoms with van der Waals surface area (Å²) in [6.45, 7) is 7.39. The standard InChI is InChI=1S/C17H22N4O/c1-3-21-17(13(2)10-18-21)19-16(22)8-9-20-11-14-6-4-5-7-15(14)12-20/h4-7,10H,3,8-9,11-12H2,1-2H3,(H,19,22). The van der Waals surface area contributed by atoms with Gasteiger partial charge in [0.15, 0.2) is 0 Å². The van der Waals surface area contributed by atoms with Crippen LogP contribution in [0.4, 0.5) is 5.82 Å². The highest BCUT2D eigenvalue weighted by Gasteiger charge is 2.19. The average molecular weight is 298 g/mol. The molecule has 22 heavy (non-hydrogen) atoms. The number of benzene rings is 1. The summed E-state index contributed by atoms with van der Waals surface area (Å²) in [4.78, 5) is 14.5. The molecule has 0 spiro atoms. The number of amides is 1. The summed E-state index contributed by atoms with van der Waals surface area (Å²) in [5.41, 5.74) is 3.76. The van der Waals surface area contributed by atoms with E-state index in [1.54, 1.807) is 6.20 Å². The van der Waals surface area contributed by atoms with Gasteiger partial charge in [0.2, 0.25) is 5.91 Å². The Hall–Kier alpha value is -2.14. The zero-order chi connectivity index (χ0) is 15.5. The number of hydrogen-bond acceptors (Lipinski definition) is 3. The minimum Gasteiger partial charge on any atom is -0.311 e. The van der Waals surface area contributed by atoms with Crippen molar-refractivity contribution in [2.75, 3.05) is 11.9 Å². The number of hydrogen-bond donors (Lipinski definition) is 1. The Balaban J connectivity index is 1.52. The van der Waals surface area contributed by atoms with Gasteiger partial charge in [0.25, 0.3) is 0 Å². The molecule has 2 heterocycles. The van der Waals surface area contributed by atoms with Gasteiger partial charge in [0.05, 0.1) is 6.20 Å². The van der Waals surface area contributed by atoms with Crippen LogP contribution < -0.4 is 5.32 Å². The second-order valence-corrected chi connectivity index (χ2v) is 5.77. The third-order valence-corrected chi connectivity index (χ3v) is 4.14. The van der Waals surface area contributed by atoms with Crippen LogP contribution in [0.2, 0.25) is 0 Å². The molecule has 0 saturated heterocycles. The lowest BCUT2D eigenvalue weighted by Crippen LogP contribution is -2.24. The molecule has 1 aliphatic heterocycles. The van der Waals surface area contributed by atoms with E-state index >= 15 is 0 Å². The highest BCUT2D eigenvalue weighted by Crippen LogP contribution is 2.22. The number of rotatable bonds is 5. The Morgan fingerprint density at radius 3 is 2.59 bits per heavy atom. The molecule has 2 aromatic rings. The Labute approximate surface area is 130 Å². The van der Waals surface area contributed by atoms with Crippen LogP contribution in [0.15, 0.2) is 30.5 Å². The number of aromatic nitrogens is 2. The van der Waals surface area contributed by atoms with Crippen molar-refractivity contribution < 1.29 is 4.79 Å². The number of aryl methyl sites for hydroxylation is 2. The fraction of sp³-hybridized carbons (Fsp3) is 0.412. The van der Waals surface area contributed by atoms with E-state index in [1.807, 2.05) is 18.5 Å². The molecule has 0 aliphatic carbocycles. The highest BCUT2D eigenvalue weighted by molar-refractivity contribution is 5.90. The van der Waals surface area contributed by atoms with Crippen molar-refractivity contribution in [1.82, 2.24) is 14.7 Å². The molecule has 1 aromatic carbocycles. The fourth-order valence-corrected chi connectivity index (χ4v) is 2.90. The van der Waals surface area contributed by atoms with Crippen molar-refractivity contribution >= 4 is 11.7 Å². The van der Waals surface area contributed by atoms with Gasteiger partial charge in [-0.15, -0.1) is 0 Å². The van der Waals surface area contributed by atoms with Crippen molar-refractivity contribution in [3.63, 3.8) is 0 Å². The molecule has 0 atom stereocenters. The van der Waals surface area contributed by atoms with E-state index in [1.165, 1.54) is 11.1 Å². The van der Waals surface area contributed by atoms with Gasteiger partial charge >= 0.3 is 0 Å². The van der Waals surface area contributed by atoms with E-state index in [4.69, 9.17) is 0 Å². The molecular formula is C17H22N4O. The van der Waals surface area contributed by atoms with Crippen LogP contribution >= 0.6 is 0 Å². The van der Waals surface area contributed by atoms with Crippen LogP contribution in [-0.4, -0.2) is 27.1 Å². The van der Waals surface area contributed by atoms with Gasteiger partial charge in [-0.1, -0.05) is 24.3 Å². The van der Waals surface area contributed by atoms with Crippen LogP contribution in [0.1, 0.15) is 30.0 Å². The van der Waals surface area contributed by atoms with Gasteiger partial charge in [0, 0.05) is 38.2 Å². The third-order valence-electron chi connectivity index (χ3n) is 4.14. The molecule has 5 heteroatoms. The summed E-state index contributed by atoms with van der Waals surface area (Å²) in [7, 11) is 0. The van der Waals surface area contributed by atoms with E-state index in [9.17, 15) is 4.79 Å². The number of fused-ring (bicyclic) bond motifs is 1. The topological polar surface area (TPSA) is 50.2 Å². The van der Waals surface area contributed by atoms with E-state index in [0.717, 1.165) is 37.6 Å². The lowest BCUT2D eigenvalue weighted by atomic mass is 10.1. The third kappa shape index (κ3) is 3.04. The zero-order valence-corrected chi connectivity index (χ0v) is 13.2. The Kier molecular flexibility index (Phi) is 4.24.